The van der Waals surface area contributed by atoms with Crippen molar-refractivity contribution in [1.29, 1.82) is 0 Å². The number of amides is 2. The summed E-state index contributed by atoms with van der Waals surface area (Å²) in [4.78, 5) is 28.0. The van der Waals surface area contributed by atoms with Gasteiger partial charge >= 0.3 is 0 Å². The van der Waals surface area contributed by atoms with E-state index >= 15 is 0 Å². The summed E-state index contributed by atoms with van der Waals surface area (Å²) in [5.41, 5.74) is 1.19. The van der Waals surface area contributed by atoms with Crippen molar-refractivity contribution in [3.8, 4) is 0 Å². The molecule has 0 saturated carbocycles. The third-order valence-corrected chi connectivity index (χ3v) is 7.13. The second kappa shape index (κ2) is 8.05. The molecule has 1 aromatic heterocycles. The van der Waals surface area contributed by atoms with Gasteiger partial charge in [-0.1, -0.05) is 29.5 Å². The maximum atomic E-state index is 13.1. The van der Waals surface area contributed by atoms with Crippen LogP contribution in [0.4, 0.5) is 5.13 Å². The molecule has 2 amide bonds. The minimum absolute atomic E-state index is 0.00289. The fraction of sp³-hybridized carbons (Fsp3) is 0.524. The second-order valence-electron chi connectivity index (χ2n) is 8.06. The van der Waals surface area contributed by atoms with Crippen LogP contribution in [0.5, 0.6) is 0 Å². The Labute approximate surface area is 178 Å². The van der Waals surface area contributed by atoms with E-state index in [4.69, 9.17) is 9.47 Å². The van der Waals surface area contributed by atoms with Crippen molar-refractivity contribution in [3.63, 3.8) is 0 Å². The largest absolute Gasteiger partial charge is 0.381 e. The zero-order valence-electron chi connectivity index (χ0n) is 16.6. The fourth-order valence-electron chi connectivity index (χ4n) is 4.58. The molecule has 2 saturated heterocycles. The van der Waals surface area contributed by atoms with Crippen LogP contribution < -0.4 is 5.32 Å². The van der Waals surface area contributed by atoms with Gasteiger partial charge in [-0.25, -0.2) is 0 Å². The molecule has 8 nitrogen and oxygen atoms in total. The van der Waals surface area contributed by atoms with E-state index in [-0.39, 0.29) is 24.3 Å². The summed E-state index contributed by atoms with van der Waals surface area (Å²) < 4.78 is 11.2. The molecule has 1 aromatic carbocycles. The van der Waals surface area contributed by atoms with Gasteiger partial charge in [0.05, 0.1) is 12.0 Å². The van der Waals surface area contributed by atoms with E-state index in [0.717, 1.165) is 35.6 Å². The van der Waals surface area contributed by atoms with Crippen molar-refractivity contribution >= 4 is 28.3 Å². The van der Waals surface area contributed by atoms with Gasteiger partial charge in [0.2, 0.25) is 11.0 Å². The lowest BCUT2D eigenvalue weighted by molar-refractivity contribution is -0.120. The Bertz CT molecular complexity index is 950. The van der Waals surface area contributed by atoms with E-state index in [2.05, 4.69) is 15.5 Å². The van der Waals surface area contributed by atoms with E-state index in [1.165, 1.54) is 11.3 Å². The summed E-state index contributed by atoms with van der Waals surface area (Å²) in [6.45, 7) is 2.35. The van der Waals surface area contributed by atoms with Gasteiger partial charge in [-0.15, -0.1) is 10.2 Å². The van der Waals surface area contributed by atoms with Crippen LogP contribution in [0.1, 0.15) is 59.1 Å². The number of aromatic nitrogens is 2. The Morgan fingerprint density at radius 2 is 2.07 bits per heavy atom. The number of carbonyl (C=O) groups excluding carboxylic acids is 2. The second-order valence-corrected chi connectivity index (χ2v) is 9.07. The summed E-state index contributed by atoms with van der Waals surface area (Å²) in [7, 11) is 0. The topological polar surface area (TPSA) is 93.7 Å². The van der Waals surface area contributed by atoms with Crippen LogP contribution in [-0.4, -0.2) is 52.3 Å². The highest BCUT2D eigenvalue weighted by Gasteiger charge is 2.46. The van der Waals surface area contributed by atoms with Crippen LogP contribution in [-0.2, 0) is 20.8 Å². The lowest BCUT2D eigenvalue weighted by Gasteiger charge is -2.44. The number of benzene rings is 1. The van der Waals surface area contributed by atoms with Gasteiger partial charge in [0.15, 0.2) is 0 Å². The molecule has 158 valence electrons. The molecule has 0 bridgehead atoms. The average Bonchev–Trinajstić information content (AvgIpc) is 3.49. The number of nitrogens with one attached hydrogen (secondary N) is 1. The molecule has 2 aromatic rings. The van der Waals surface area contributed by atoms with E-state index < -0.39 is 5.54 Å². The van der Waals surface area contributed by atoms with E-state index in [0.29, 0.717) is 37.7 Å². The Morgan fingerprint density at radius 1 is 1.23 bits per heavy atom. The summed E-state index contributed by atoms with van der Waals surface area (Å²) >= 11 is 1.36. The standard InChI is InChI=1S/C21H24N4O4S/c26-17(22-20-24-23-18(30-20)16-6-3-9-29-16)12-21(7-10-28-11-8-21)25-13-14-4-1-2-5-15(14)19(25)27/h1-2,4-5,16H,3,6-13H2,(H,22,24,26). The van der Waals surface area contributed by atoms with Gasteiger partial charge in [-0.05, 0) is 37.3 Å². The van der Waals surface area contributed by atoms with Crippen molar-refractivity contribution < 1.29 is 19.1 Å². The average molecular weight is 429 g/mol. The van der Waals surface area contributed by atoms with Gasteiger partial charge < -0.3 is 19.7 Å². The van der Waals surface area contributed by atoms with Crippen molar-refractivity contribution in [2.75, 3.05) is 25.1 Å². The van der Waals surface area contributed by atoms with Gasteiger partial charge in [-0.2, -0.15) is 0 Å². The van der Waals surface area contributed by atoms with Gasteiger partial charge in [0.1, 0.15) is 11.1 Å². The summed E-state index contributed by atoms with van der Waals surface area (Å²) in [6.07, 6.45) is 3.42. The van der Waals surface area contributed by atoms with Gasteiger partial charge in [-0.3, -0.25) is 9.59 Å². The van der Waals surface area contributed by atoms with Crippen LogP contribution in [0.2, 0.25) is 0 Å². The lowest BCUT2D eigenvalue weighted by atomic mass is 9.84. The van der Waals surface area contributed by atoms with Crippen molar-refractivity contribution in [3.05, 3.63) is 40.4 Å². The molecule has 0 radical (unpaired) electrons. The molecule has 0 aliphatic carbocycles. The Hall–Kier alpha value is -2.36. The van der Waals surface area contributed by atoms with E-state index in [1.807, 2.05) is 29.2 Å². The summed E-state index contributed by atoms with van der Waals surface area (Å²) in [5.74, 6) is -0.160. The van der Waals surface area contributed by atoms with Crippen LogP contribution in [0.25, 0.3) is 0 Å². The predicted octanol–water partition coefficient (Wildman–Crippen LogP) is 2.92. The van der Waals surface area contributed by atoms with Crippen molar-refractivity contribution in [2.24, 2.45) is 0 Å². The minimum Gasteiger partial charge on any atom is -0.381 e. The first kappa shape index (κ1) is 19.6. The highest BCUT2D eigenvalue weighted by atomic mass is 32.1. The molecular weight excluding hydrogens is 404 g/mol. The quantitative estimate of drug-likeness (QED) is 0.787. The smallest absolute Gasteiger partial charge is 0.254 e. The minimum atomic E-state index is -0.555. The molecule has 4 heterocycles. The highest BCUT2D eigenvalue weighted by Crippen LogP contribution is 2.38. The van der Waals surface area contributed by atoms with Crippen molar-refractivity contribution in [1.82, 2.24) is 15.1 Å². The van der Waals surface area contributed by atoms with E-state index in [9.17, 15) is 9.59 Å². The number of hydrogen-bond acceptors (Lipinski definition) is 7. The SMILES string of the molecule is O=C(CC1(N2Cc3ccccc3C2=O)CCOCC1)Nc1nnc(C2CCCO2)s1. The number of ether oxygens (including phenoxy) is 2. The third kappa shape index (κ3) is 3.61. The van der Waals surface area contributed by atoms with Gasteiger partial charge in [0.25, 0.3) is 5.91 Å². The molecule has 3 aliphatic rings. The number of rotatable bonds is 5. The molecule has 30 heavy (non-hydrogen) atoms. The van der Waals surface area contributed by atoms with Crippen LogP contribution in [0.15, 0.2) is 24.3 Å². The molecule has 1 atom stereocenters. The first-order valence-electron chi connectivity index (χ1n) is 10.4. The zero-order chi connectivity index (χ0) is 20.6. The van der Waals surface area contributed by atoms with Crippen molar-refractivity contribution in [2.45, 2.75) is 50.3 Å². The number of carbonyl (C=O) groups is 2. The molecule has 1 N–H and O–H groups in total. The highest BCUT2D eigenvalue weighted by molar-refractivity contribution is 7.15. The third-order valence-electron chi connectivity index (χ3n) is 6.20. The Morgan fingerprint density at radius 3 is 2.83 bits per heavy atom. The number of anilines is 1. The predicted molar refractivity (Wildman–Crippen MR) is 110 cm³/mol. The molecule has 2 fully saturated rings. The normalized spacial score (nSPS) is 22.9. The molecule has 3 aliphatic heterocycles. The molecular formula is C21H24N4O4S. The maximum Gasteiger partial charge on any atom is 0.254 e. The lowest BCUT2D eigenvalue weighted by Crippen LogP contribution is -2.54. The summed E-state index contributed by atoms with van der Waals surface area (Å²) in [5, 5.41) is 12.5. The molecule has 9 heteroatoms. The van der Waals surface area contributed by atoms with E-state index in [1.54, 1.807) is 0 Å². The molecule has 5 rings (SSSR count). The van der Waals surface area contributed by atoms with Crippen LogP contribution >= 0.6 is 11.3 Å². The van der Waals surface area contributed by atoms with Crippen LogP contribution in [0, 0.1) is 0 Å². The Balaban J connectivity index is 1.31. The zero-order valence-corrected chi connectivity index (χ0v) is 17.5. The maximum absolute atomic E-state index is 13.1. The molecule has 1 unspecified atom stereocenters. The van der Waals surface area contributed by atoms with Crippen LogP contribution in [0.3, 0.4) is 0 Å². The Kier molecular flexibility index (Phi) is 5.26. The first-order valence-corrected chi connectivity index (χ1v) is 11.2. The monoisotopic (exact) mass is 428 g/mol. The fourth-order valence-corrected chi connectivity index (χ4v) is 5.42. The number of hydrogen-bond donors (Lipinski definition) is 1. The van der Waals surface area contributed by atoms with Gasteiger partial charge in [0, 0.05) is 31.9 Å². The summed E-state index contributed by atoms with van der Waals surface area (Å²) in [6, 6.07) is 7.66. The number of nitrogens with zero attached hydrogens (tertiary/aromatic N) is 3. The number of fused-ring (bicyclic) bond motifs is 1. The first-order chi connectivity index (χ1) is 14.6. The molecule has 0 spiro atoms.